The maximum Gasteiger partial charge on any atom is 0.245 e. The number of amides is 1. The van der Waals surface area contributed by atoms with Crippen LogP contribution in [0, 0.1) is 6.92 Å². The van der Waals surface area contributed by atoms with Gasteiger partial charge in [-0.05, 0) is 31.0 Å². The van der Waals surface area contributed by atoms with Crippen LogP contribution in [-0.4, -0.2) is 27.6 Å². The summed E-state index contributed by atoms with van der Waals surface area (Å²) in [7, 11) is 0. The van der Waals surface area contributed by atoms with Gasteiger partial charge in [0.05, 0.1) is 6.54 Å². The Hall–Kier alpha value is -1.81. The number of alkyl halides is 1. The number of anilines is 1. The number of hydrogen-bond acceptors (Lipinski definition) is 2. The predicted octanol–water partition coefficient (Wildman–Crippen LogP) is 3.24. The Labute approximate surface area is 130 Å². The second kappa shape index (κ2) is 7.27. The van der Waals surface area contributed by atoms with E-state index in [-0.39, 0.29) is 5.91 Å². The molecule has 1 aromatic carbocycles. The van der Waals surface area contributed by atoms with Crippen LogP contribution < -0.4 is 4.90 Å². The summed E-state index contributed by atoms with van der Waals surface area (Å²) in [6.07, 6.45) is 4.24. The number of aromatic nitrogens is 2. The highest BCUT2D eigenvalue weighted by atomic mass is 35.5. The lowest BCUT2D eigenvalue weighted by molar-refractivity contribution is -0.118. The summed E-state index contributed by atoms with van der Waals surface area (Å²) >= 11 is 6.16. The number of halogens is 1. The largest absolute Gasteiger partial charge is 0.309 e. The highest BCUT2D eigenvalue weighted by molar-refractivity contribution is 6.32. The molecule has 1 unspecified atom stereocenters. The zero-order valence-electron chi connectivity index (χ0n) is 12.4. The number of carbonyl (C=O) groups excluding carboxylic acids is 1. The first kappa shape index (κ1) is 15.6. The molecule has 0 aliphatic heterocycles. The van der Waals surface area contributed by atoms with E-state index in [0.29, 0.717) is 19.5 Å². The molecule has 1 atom stereocenters. The second-order valence-corrected chi connectivity index (χ2v) is 5.45. The molecule has 2 rings (SSSR count). The second-order valence-electron chi connectivity index (χ2n) is 4.92. The highest BCUT2D eigenvalue weighted by Gasteiger charge is 2.23. The van der Waals surface area contributed by atoms with E-state index >= 15 is 0 Å². The minimum absolute atomic E-state index is 0.0550. The average Bonchev–Trinajstić information content (AvgIpc) is 3.01. The van der Waals surface area contributed by atoms with Gasteiger partial charge in [-0.2, -0.15) is 5.10 Å². The van der Waals surface area contributed by atoms with E-state index in [0.717, 1.165) is 11.3 Å². The molecule has 112 valence electrons. The number of hydrogen-bond donors (Lipinski definition) is 0. The van der Waals surface area contributed by atoms with Gasteiger partial charge in [-0.25, -0.2) is 0 Å². The Morgan fingerprint density at radius 1 is 1.38 bits per heavy atom. The van der Waals surface area contributed by atoms with Gasteiger partial charge in [0, 0.05) is 24.6 Å². The van der Waals surface area contributed by atoms with Gasteiger partial charge in [0.15, 0.2) is 0 Å². The summed E-state index contributed by atoms with van der Waals surface area (Å²) in [6.45, 7) is 5.10. The maximum absolute atomic E-state index is 12.6. The SMILES string of the molecule is CCC(Cl)C(=O)N(CCn1cccn1)c1ccccc1C. The third-order valence-electron chi connectivity index (χ3n) is 3.41. The molecule has 4 nitrogen and oxygen atoms in total. The Morgan fingerprint density at radius 3 is 2.76 bits per heavy atom. The van der Waals surface area contributed by atoms with Crippen LogP contribution in [-0.2, 0) is 11.3 Å². The Morgan fingerprint density at radius 2 is 2.14 bits per heavy atom. The van der Waals surface area contributed by atoms with Crippen molar-refractivity contribution in [2.45, 2.75) is 32.2 Å². The smallest absolute Gasteiger partial charge is 0.245 e. The molecule has 1 heterocycles. The molecule has 0 spiro atoms. The molecular formula is C16H20ClN3O. The van der Waals surface area contributed by atoms with Crippen molar-refractivity contribution in [3.63, 3.8) is 0 Å². The number of para-hydroxylation sites is 1. The highest BCUT2D eigenvalue weighted by Crippen LogP contribution is 2.22. The van der Waals surface area contributed by atoms with Gasteiger partial charge >= 0.3 is 0 Å². The van der Waals surface area contributed by atoms with Crippen LogP contribution in [0.1, 0.15) is 18.9 Å². The van der Waals surface area contributed by atoms with Crippen molar-refractivity contribution < 1.29 is 4.79 Å². The molecular weight excluding hydrogens is 286 g/mol. The van der Waals surface area contributed by atoms with Gasteiger partial charge in [0.1, 0.15) is 5.38 Å². The number of benzene rings is 1. The monoisotopic (exact) mass is 305 g/mol. The first-order chi connectivity index (χ1) is 10.1. The predicted molar refractivity (Wildman–Crippen MR) is 85.7 cm³/mol. The van der Waals surface area contributed by atoms with E-state index in [4.69, 9.17) is 11.6 Å². The Kier molecular flexibility index (Phi) is 5.39. The molecule has 0 saturated heterocycles. The molecule has 1 amide bonds. The summed E-state index contributed by atoms with van der Waals surface area (Å²) in [4.78, 5) is 14.3. The van der Waals surface area contributed by atoms with Gasteiger partial charge in [0.25, 0.3) is 0 Å². The fourth-order valence-corrected chi connectivity index (χ4v) is 2.31. The molecule has 5 heteroatoms. The van der Waals surface area contributed by atoms with Crippen LogP contribution in [0.25, 0.3) is 0 Å². The van der Waals surface area contributed by atoms with E-state index < -0.39 is 5.38 Å². The van der Waals surface area contributed by atoms with Crippen molar-refractivity contribution in [2.24, 2.45) is 0 Å². The molecule has 1 aromatic heterocycles. The first-order valence-corrected chi connectivity index (χ1v) is 7.55. The summed E-state index contributed by atoms with van der Waals surface area (Å²) < 4.78 is 1.81. The molecule has 21 heavy (non-hydrogen) atoms. The number of nitrogens with zero attached hydrogens (tertiary/aromatic N) is 3. The van der Waals surface area contributed by atoms with Crippen LogP contribution >= 0.6 is 11.6 Å². The van der Waals surface area contributed by atoms with Gasteiger partial charge in [-0.3, -0.25) is 9.48 Å². The van der Waals surface area contributed by atoms with Crippen LogP contribution in [0.5, 0.6) is 0 Å². The van der Waals surface area contributed by atoms with Gasteiger partial charge in [0.2, 0.25) is 5.91 Å². The average molecular weight is 306 g/mol. The van der Waals surface area contributed by atoms with Crippen molar-refractivity contribution in [1.82, 2.24) is 9.78 Å². The molecule has 2 aromatic rings. The Balaban J connectivity index is 2.22. The lowest BCUT2D eigenvalue weighted by Gasteiger charge is -2.26. The summed E-state index contributed by atoms with van der Waals surface area (Å²) in [5.41, 5.74) is 1.97. The van der Waals surface area contributed by atoms with Gasteiger partial charge in [-0.1, -0.05) is 25.1 Å². The minimum atomic E-state index is -0.498. The van der Waals surface area contributed by atoms with Crippen molar-refractivity contribution in [2.75, 3.05) is 11.4 Å². The number of rotatable bonds is 6. The van der Waals surface area contributed by atoms with E-state index in [1.54, 1.807) is 11.1 Å². The third kappa shape index (κ3) is 3.85. The lowest BCUT2D eigenvalue weighted by Crippen LogP contribution is -2.39. The van der Waals surface area contributed by atoms with E-state index in [1.807, 2.05) is 55.1 Å². The number of carbonyl (C=O) groups is 1. The zero-order chi connectivity index (χ0) is 15.2. The van der Waals surface area contributed by atoms with Crippen molar-refractivity contribution in [3.8, 4) is 0 Å². The quantitative estimate of drug-likeness (QED) is 0.768. The lowest BCUT2D eigenvalue weighted by atomic mass is 10.1. The molecule has 0 aliphatic rings. The summed E-state index contributed by atoms with van der Waals surface area (Å²) in [5, 5.41) is 3.68. The minimum Gasteiger partial charge on any atom is -0.309 e. The molecule has 0 aliphatic carbocycles. The van der Waals surface area contributed by atoms with E-state index in [9.17, 15) is 4.79 Å². The molecule has 0 fully saturated rings. The van der Waals surface area contributed by atoms with Gasteiger partial charge < -0.3 is 4.90 Å². The molecule has 0 saturated carbocycles. The number of aryl methyl sites for hydroxylation is 1. The van der Waals surface area contributed by atoms with Crippen molar-refractivity contribution in [3.05, 3.63) is 48.3 Å². The standard InChI is InChI=1S/C16H20ClN3O/c1-3-14(17)16(21)20(12-11-19-10-6-9-18-19)15-8-5-4-7-13(15)2/h4-10,14H,3,11-12H2,1-2H3. The van der Waals surface area contributed by atoms with Crippen LogP contribution in [0.3, 0.4) is 0 Å². The molecule has 0 radical (unpaired) electrons. The topological polar surface area (TPSA) is 38.1 Å². The first-order valence-electron chi connectivity index (χ1n) is 7.12. The van der Waals surface area contributed by atoms with E-state index in [2.05, 4.69) is 5.10 Å². The maximum atomic E-state index is 12.6. The van der Waals surface area contributed by atoms with E-state index in [1.165, 1.54) is 0 Å². The zero-order valence-corrected chi connectivity index (χ0v) is 13.1. The molecule has 0 bridgehead atoms. The van der Waals surface area contributed by atoms with Crippen LogP contribution in [0.2, 0.25) is 0 Å². The molecule has 0 N–H and O–H groups in total. The summed E-state index contributed by atoms with van der Waals surface area (Å²) in [6, 6.07) is 9.73. The third-order valence-corrected chi connectivity index (χ3v) is 3.91. The Bertz CT molecular complexity index is 583. The van der Waals surface area contributed by atoms with Crippen molar-refractivity contribution >= 4 is 23.2 Å². The van der Waals surface area contributed by atoms with Crippen molar-refractivity contribution in [1.29, 1.82) is 0 Å². The van der Waals surface area contributed by atoms with Crippen LogP contribution in [0.4, 0.5) is 5.69 Å². The summed E-state index contributed by atoms with van der Waals surface area (Å²) in [5.74, 6) is -0.0550. The van der Waals surface area contributed by atoms with Crippen LogP contribution in [0.15, 0.2) is 42.7 Å². The fraction of sp³-hybridized carbons (Fsp3) is 0.375. The fourth-order valence-electron chi connectivity index (χ4n) is 2.19. The normalized spacial score (nSPS) is 12.1. The van der Waals surface area contributed by atoms with Gasteiger partial charge in [-0.15, -0.1) is 11.6 Å².